The summed E-state index contributed by atoms with van der Waals surface area (Å²) in [5, 5.41) is 0. The van der Waals surface area contributed by atoms with E-state index in [-0.39, 0.29) is 56.1 Å². The monoisotopic (exact) mass is 160 g/mol. The molecule has 0 spiro atoms. The Morgan fingerprint density at radius 3 is 1.00 bits per heavy atom. The summed E-state index contributed by atoms with van der Waals surface area (Å²) in [6.07, 6.45) is 0. The molecule has 0 atom stereocenters. The molecular weight excluding hydrogens is 161 g/mol. The first-order valence-corrected chi connectivity index (χ1v) is 0. The van der Waals surface area contributed by atoms with E-state index in [1.807, 2.05) is 0 Å². The minimum atomic E-state index is 0. The van der Waals surface area contributed by atoms with Crippen LogP contribution in [0.2, 0.25) is 0 Å². The van der Waals surface area contributed by atoms with Gasteiger partial charge in [0.05, 0.1) is 0 Å². The Balaban J connectivity index is 0. The molecule has 0 aliphatic heterocycles. The maximum atomic E-state index is 0. The van der Waals surface area contributed by atoms with Gasteiger partial charge in [-0.25, -0.2) is 0 Å². The van der Waals surface area contributed by atoms with Crippen molar-refractivity contribution in [1.29, 1.82) is 0 Å². The van der Waals surface area contributed by atoms with E-state index in [1.54, 1.807) is 0 Å². The third-order valence-corrected chi connectivity index (χ3v) is 0. The van der Waals surface area contributed by atoms with Crippen LogP contribution < -0.4 is 0 Å². The van der Waals surface area contributed by atoms with Crippen molar-refractivity contribution >= 4 is 17.4 Å². The fraction of sp³-hybridized carbons (Fsp3) is 0. The van der Waals surface area contributed by atoms with Gasteiger partial charge in [-0.2, -0.15) is 0 Å². The Kier molecular flexibility index (Phi) is 306. The molecule has 0 saturated carbocycles. The molecule has 23 valence electrons. The summed E-state index contributed by atoms with van der Waals surface area (Å²) in [6, 6.07) is 0. The van der Waals surface area contributed by atoms with Crippen molar-refractivity contribution in [3.8, 4) is 0 Å². The topological polar surface area (TPSA) is 28.5 Å². The third-order valence-electron chi connectivity index (χ3n) is 0. The van der Waals surface area contributed by atoms with Crippen LogP contribution in [0.4, 0.5) is 0 Å². The van der Waals surface area contributed by atoms with E-state index in [0.29, 0.717) is 0 Å². The number of rotatable bonds is 0. The minimum Gasteiger partial charge on any atom is -2.00 e. The summed E-state index contributed by atoms with van der Waals surface area (Å²) in [7, 11) is 0. The first-order valence-electron chi connectivity index (χ1n) is 0. The van der Waals surface area contributed by atoms with E-state index in [2.05, 4.69) is 0 Å². The van der Waals surface area contributed by atoms with E-state index in [4.69, 9.17) is 0 Å². The van der Waals surface area contributed by atoms with Crippen LogP contribution in [0.3, 0.4) is 0 Å². The van der Waals surface area contributed by atoms with Crippen LogP contribution in [0.1, 0.15) is 0 Å². The van der Waals surface area contributed by atoms with Gasteiger partial charge in [0.2, 0.25) is 0 Å². The fourth-order valence-electron chi connectivity index (χ4n) is 0. The Labute approximate surface area is 56.1 Å². The maximum absolute atomic E-state index is 0. The molecule has 0 aliphatic rings. The molecule has 0 fully saturated rings. The summed E-state index contributed by atoms with van der Waals surface area (Å²) < 4.78 is 0. The van der Waals surface area contributed by atoms with Crippen molar-refractivity contribution in [2.24, 2.45) is 0 Å². The smallest absolute Gasteiger partial charge is 2.00 e. The standard InChI is InChI=1S/Al.Co.Ni.O/q+3;2*+2;-2. The van der Waals surface area contributed by atoms with Gasteiger partial charge in [-0.1, -0.05) is 0 Å². The summed E-state index contributed by atoms with van der Waals surface area (Å²) in [4.78, 5) is 0. The van der Waals surface area contributed by atoms with Gasteiger partial charge in [-0.3, -0.25) is 0 Å². The Morgan fingerprint density at radius 1 is 1.00 bits per heavy atom. The zero-order valence-corrected chi connectivity index (χ0v) is 4.82. The molecule has 0 bridgehead atoms. The van der Waals surface area contributed by atoms with Gasteiger partial charge < -0.3 is 5.48 Å². The molecule has 0 heterocycles. The summed E-state index contributed by atoms with van der Waals surface area (Å²) in [5.41, 5.74) is 0. The fourth-order valence-corrected chi connectivity index (χ4v) is 0. The molecule has 0 aromatic carbocycles. The zero-order valence-electron chi connectivity index (χ0n) is 1.64. The predicted molar refractivity (Wildman–Crippen MR) is 6.44 cm³/mol. The molecular formula is AlCoNiO+5. The van der Waals surface area contributed by atoms with Crippen LogP contribution in [-0.4, -0.2) is 17.4 Å². The second-order valence-corrected chi connectivity index (χ2v) is 0. The van der Waals surface area contributed by atoms with Gasteiger partial charge in [0.25, 0.3) is 0 Å². The SMILES string of the molecule is [Al+3].[Co+2].[Ni+2].[O-2]. The van der Waals surface area contributed by atoms with Crippen molar-refractivity contribution in [2.75, 3.05) is 0 Å². The van der Waals surface area contributed by atoms with E-state index in [0.717, 1.165) is 0 Å². The van der Waals surface area contributed by atoms with Crippen LogP contribution in [-0.2, 0) is 38.7 Å². The first-order chi connectivity index (χ1) is 0. The molecule has 1 radical (unpaired) electrons. The van der Waals surface area contributed by atoms with Crippen molar-refractivity contribution in [1.82, 2.24) is 0 Å². The molecule has 0 N–H and O–H groups in total. The molecule has 0 aliphatic carbocycles. The first kappa shape index (κ1) is 49.8. The third kappa shape index (κ3) is 9.74. The largest absolute Gasteiger partial charge is 3.00 e. The Hall–Kier alpha value is 1.49. The van der Waals surface area contributed by atoms with Gasteiger partial charge in [-0.15, -0.1) is 0 Å². The van der Waals surface area contributed by atoms with Crippen LogP contribution in [0.15, 0.2) is 0 Å². The van der Waals surface area contributed by atoms with E-state index >= 15 is 0 Å². The number of hydrogen-bond acceptors (Lipinski definition) is 0. The van der Waals surface area contributed by atoms with Gasteiger partial charge in [0.15, 0.2) is 0 Å². The van der Waals surface area contributed by atoms with Crippen LogP contribution in [0.25, 0.3) is 0 Å². The Bertz CT molecular complexity index is 8.00. The minimum absolute atomic E-state index is 0. The molecule has 0 saturated heterocycles. The molecule has 0 aromatic heterocycles. The van der Waals surface area contributed by atoms with Crippen molar-refractivity contribution in [3.63, 3.8) is 0 Å². The normalized spacial score (nSPS) is 0. The predicted octanol–water partition coefficient (Wildman–Crippen LogP) is -0.505. The van der Waals surface area contributed by atoms with Gasteiger partial charge in [0, 0.05) is 0 Å². The van der Waals surface area contributed by atoms with Crippen molar-refractivity contribution in [2.45, 2.75) is 0 Å². The summed E-state index contributed by atoms with van der Waals surface area (Å²) in [6.45, 7) is 0. The number of hydrogen-bond donors (Lipinski definition) is 0. The molecule has 4 heteroatoms. The van der Waals surface area contributed by atoms with Crippen LogP contribution in [0.5, 0.6) is 0 Å². The summed E-state index contributed by atoms with van der Waals surface area (Å²) in [5.74, 6) is 0. The molecule has 4 heavy (non-hydrogen) atoms. The maximum Gasteiger partial charge on any atom is 3.00 e. The van der Waals surface area contributed by atoms with Crippen molar-refractivity contribution in [3.05, 3.63) is 0 Å². The van der Waals surface area contributed by atoms with Gasteiger partial charge in [-0.05, 0) is 0 Å². The zero-order chi connectivity index (χ0) is 0. The van der Waals surface area contributed by atoms with Crippen LogP contribution in [0, 0.1) is 0 Å². The second-order valence-electron chi connectivity index (χ2n) is 0. The average molecular weight is 161 g/mol. The van der Waals surface area contributed by atoms with Gasteiger partial charge >= 0.3 is 50.6 Å². The molecule has 1 nitrogen and oxygen atoms in total. The summed E-state index contributed by atoms with van der Waals surface area (Å²) >= 11 is 0. The molecule has 0 amide bonds. The quantitative estimate of drug-likeness (QED) is 0.428. The van der Waals surface area contributed by atoms with E-state index < -0.39 is 0 Å². The molecule has 0 rings (SSSR count). The Morgan fingerprint density at radius 2 is 1.00 bits per heavy atom. The second kappa shape index (κ2) is 24.6. The van der Waals surface area contributed by atoms with E-state index in [1.165, 1.54) is 0 Å². The van der Waals surface area contributed by atoms with Crippen LogP contribution >= 0.6 is 0 Å². The van der Waals surface area contributed by atoms with Crippen molar-refractivity contribution < 1.29 is 38.7 Å². The van der Waals surface area contributed by atoms with E-state index in [9.17, 15) is 0 Å². The van der Waals surface area contributed by atoms with Gasteiger partial charge in [0.1, 0.15) is 0 Å². The molecule has 0 aromatic rings. The molecule has 0 unspecified atom stereocenters. The average Bonchev–Trinajstić information content (AvgIpc) is 0.